The predicted molar refractivity (Wildman–Crippen MR) is 107 cm³/mol. The molecule has 5 nitrogen and oxygen atoms in total. The van der Waals surface area contributed by atoms with Crippen LogP contribution in [0.5, 0.6) is 0 Å². The lowest BCUT2D eigenvalue weighted by atomic mass is 10.1. The molecule has 1 aromatic carbocycles. The van der Waals surface area contributed by atoms with Crippen molar-refractivity contribution in [2.45, 2.75) is 52.1 Å². The Morgan fingerprint density at radius 1 is 1.19 bits per heavy atom. The Hall–Kier alpha value is -1.66. The second-order valence-corrected chi connectivity index (χ2v) is 8.08. The Morgan fingerprint density at radius 3 is 2.46 bits per heavy atom. The van der Waals surface area contributed by atoms with E-state index in [0.717, 1.165) is 22.3 Å². The van der Waals surface area contributed by atoms with Crippen LogP contribution in [0, 0.1) is 0 Å². The molecule has 1 aliphatic heterocycles. The predicted octanol–water partition coefficient (Wildman–Crippen LogP) is 4.21. The number of nitrogens with zero attached hydrogens (tertiary/aromatic N) is 2. The van der Waals surface area contributed by atoms with Crippen molar-refractivity contribution < 1.29 is 4.79 Å². The third kappa shape index (κ3) is 4.74. The standard InChI is InChI=1S/C20H27BrN4O/c1-14(2)18-17(21)19(24-23-18)20(26)22-12-15-6-8-16(9-7-15)13-25-10-4-3-5-11-25/h6-9,14H,3-5,10-13H2,1-2H3,(H,22,26)(H,23,24). The summed E-state index contributed by atoms with van der Waals surface area (Å²) in [6.07, 6.45) is 3.98. The number of nitrogens with one attached hydrogen (secondary N) is 2. The first kappa shape index (κ1) is 19.1. The van der Waals surface area contributed by atoms with Crippen molar-refractivity contribution in [3.8, 4) is 0 Å². The number of aromatic amines is 1. The number of amides is 1. The smallest absolute Gasteiger partial charge is 0.273 e. The van der Waals surface area contributed by atoms with Gasteiger partial charge in [-0.25, -0.2) is 0 Å². The summed E-state index contributed by atoms with van der Waals surface area (Å²) in [6.45, 7) is 8.05. The lowest BCUT2D eigenvalue weighted by molar-refractivity contribution is 0.0945. The highest BCUT2D eigenvalue weighted by atomic mass is 79.9. The number of aromatic nitrogens is 2. The number of halogens is 1. The zero-order chi connectivity index (χ0) is 18.5. The molecule has 0 atom stereocenters. The van der Waals surface area contributed by atoms with E-state index in [1.54, 1.807) is 0 Å². The lowest BCUT2D eigenvalue weighted by Gasteiger charge is -2.26. The summed E-state index contributed by atoms with van der Waals surface area (Å²) < 4.78 is 0.752. The van der Waals surface area contributed by atoms with E-state index in [4.69, 9.17) is 0 Å². The van der Waals surface area contributed by atoms with Crippen LogP contribution in [0.1, 0.15) is 66.3 Å². The molecule has 0 radical (unpaired) electrons. The first-order valence-electron chi connectivity index (χ1n) is 9.36. The molecule has 1 fully saturated rings. The quantitative estimate of drug-likeness (QED) is 0.738. The van der Waals surface area contributed by atoms with Crippen LogP contribution in [0.25, 0.3) is 0 Å². The van der Waals surface area contributed by atoms with Crippen molar-refractivity contribution in [1.82, 2.24) is 20.4 Å². The number of rotatable bonds is 6. The van der Waals surface area contributed by atoms with Crippen molar-refractivity contribution in [3.63, 3.8) is 0 Å². The second kappa shape index (κ2) is 8.82. The molecule has 0 saturated carbocycles. The van der Waals surface area contributed by atoms with Gasteiger partial charge in [-0.2, -0.15) is 5.10 Å². The van der Waals surface area contributed by atoms with Gasteiger partial charge in [0.25, 0.3) is 5.91 Å². The van der Waals surface area contributed by atoms with Crippen molar-refractivity contribution in [1.29, 1.82) is 0 Å². The summed E-state index contributed by atoms with van der Waals surface area (Å²) in [7, 11) is 0. The van der Waals surface area contributed by atoms with Gasteiger partial charge >= 0.3 is 0 Å². The number of piperidine rings is 1. The maximum atomic E-state index is 12.4. The fraction of sp³-hybridized carbons (Fsp3) is 0.500. The van der Waals surface area contributed by atoms with Gasteiger partial charge in [0.1, 0.15) is 0 Å². The Kier molecular flexibility index (Phi) is 6.48. The van der Waals surface area contributed by atoms with Gasteiger partial charge in [0.15, 0.2) is 5.69 Å². The van der Waals surface area contributed by atoms with Crippen LogP contribution in [0.15, 0.2) is 28.7 Å². The number of likely N-dealkylation sites (tertiary alicyclic amines) is 1. The van der Waals surface area contributed by atoms with E-state index in [0.29, 0.717) is 12.2 Å². The molecule has 2 aromatic rings. The minimum absolute atomic E-state index is 0.169. The minimum Gasteiger partial charge on any atom is -0.347 e. The molecule has 3 rings (SSSR count). The van der Waals surface area contributed by atoms with Crippen LogP contribution in [0.3, 0.4) is 0 Å². The van der Waals surface area contributed by atoms with Gasteiger partial charge in [0.05, 0.1) is 10.2 Å². The van der Waals surface area contributed by atoms with Gasteiger partial charge in [0, 0.05) is 13.1 Å². The molecule has 26 heavy (non-hydrogen) atoms. The zero-order valence-electron chi connectivity index (χ0n) is 15.5. The van der Waals surface area contributed by atoms with E-state index in [1.807, 2.05) is 0 Å². The number of hydrogen-bond acceptors (Lipinski definition) is 3. The van der Waals surface area contributed by atoms with Crippen molar-refractivity contribution >= 4 is 21.8 Å². The first-order valence-corrected chi connectivity index (χ1v) is 10.2. The highest BCUT2D eigenvalue weighted by Gasteiger charge is 2.19. The minimum atomic E-state index is -0.169. The molecule has 0 aliphatic carbocycles. The van der Waals surface area contributed by atoms with Crippen molar-refractivity contribution in [2.75, 3.05) is 13.1 Å². The van der Waals surface area contributed by atoms with E-state index in [9.17, 15) is 4.79 Å². The molecule has 2 heterocycles. The van der Waals surface area contributed by atoms with Gasteiger partial charge in [-0.15, -0.1) is 0 Å². The third-order valence-electron chi connectivity index (χ3n) is 4.86. The average Bonchev–Trinajstić information content (AvgIpc) is 3.03. The van der Waals surface area contributed by atoms with Gasteiger partial charge in [-0.05, 0) is 58.9 Å². The first-order chi connectivity index (χ1) is 12.5. The van der Waals surface area contributed by atoms with Crippen LogP contribution >= 0.6 is 15.9 Å². The summed E-state index contributed by atoms with van der Waals surface area (Å²) in [4.78, 5) is 14.9. The third-order valence-corrected chi connectivity index (χ3v) is 5.66. The van der Waals surface area contributed by atoms with Crippen molar-refractivity contribution in [2.24, 2.45) is 0 Å². The normalized spacial score (nSPS) is 15.4. The highest BCUT2D eigenvalue weighted by molar-refractivity contribution is 9.10. The molecule has 0 unspecified atom stereocenters. The fourth-order valence-electron chi connectivity index (χ4n) is 3.28. The van der Waals surface area contributed by atoms with E-state index in [2.05, 4.69) is 74.5 Å². The number of H-pyrrole nitrogens is 1. The van der Waals surface area contributed by atoms with Crippen LogP contribution < -0.4 is 5.32 Å². The maximum Gasteiger partial charge on any atom is 0.273 e. The molecular weight excluding hydrogens is 392 g/mol. The summed E-state index contributed by atoms with van der Waals surface area (Å²) in [6, 6.07) is 8.52. The van der Waals surface area contributed by atoms with E-state index in [1.165, 1.54) is 37.9 Å². The second-order valence-electron chi connectivity index (χ2n) is 7.29. The van der Waals surface area contributed by atoms with Crippen LogP contribution in [0.4, 0.5) is 0 Å². The molecule has 2 N–H and O–H groups in total. The monoisotopic (exact) mass is 418 g/mol. The molecule has 1 amide bonds. The van der Waals surface area contributed by atoms with E-state index >= 15 is 0 Å². The summed E-state index contributed by atoms with van der Waals surface area (Å²) in [5.74, 6) is 0.114. The maximum absolute atomic E-state index is 12.4. The molecule has 6 heteroatoms. The molecule has 0 spiro atoms. The molecular formula is C20H27BrN4O. The summed E-state index contributed by atoms with van der Waals surface area (Å²) in [5, 5.41) is 10.0. The van der Waals surface area contributed by atoms with Crippen LogP contribution in [-0.2, 0) is 13.1 Å². The van der Waals surface area contributed by atoms with Crippen LogP contribution in [0.2, 0.25) is 0 Å². The molecule has 0 bridgehead atoms. The van der Waals surface area contributed by atoms with Gasteiger partial charge in [-0.3, -0.25) is 14.8 Å². The van der Waals surface area contributed by atoms with Gasteiger partial charge in [0.2, 0.25) is 0 Å². The Balaban J connectivity index is 1.53. The highest BCUT2D eigenvalue weighted by Crippen LogP contribution is 2.25. The van der Waals surface area contributed by atoms with Gasteiger partial charge < -0.3 is 5.32 Å². The van der Waals surface area contributed by atoms with Crippen molar-refractivity contribution in [3.05, 3.63) is 51.3 Å². The number of carbonyl (C=O) groups is 1. The largest absolute Gasteiger partial charge is 0.347 e. The summed E-state index contributed by atoms with van der Waals surface area (Å²) >= 11 is 3.48. The molecule has 1 aliphatic rings. The summed E-state index contributed by atoms with van der Waals surface area (Å²) in [5.41, 5.74) is 3.78. The fourth-order valence-corrected chi connectivity index (χ4v) is 4.09. The van der Waals surface area contributed by atoms with Crippen LogP contribution in [-0.4, -0.2) is 34.1 Å². The lowest BCUT2D eigenvalue weighted by Crippen LogP contribution is -2.29. The Bertz CT molecular complexity index is 733. The topological polar surface area (TPSA) is 61.0 Å². The van der Waals surface area contributed by atoms with E-state index < -0.39 is 0 Å². The van der Waals surface area contributed by atoms with E-state index in [-0.39, 0.29) is 11.8 Å². The SMILES string of the molecule is CC(C)c1[nH]nc(C(=O)NCc2ccc(CN3CCCCC3)cc2)c1Br. The Morgan fingerprint density at radius 2 is 1.85 bits per heavy atom. The molecule has 140 valence electrons. The van der Waals surface area contributed by atoms with Gasteiger partial charge in [-0.1, -0.05) is 44.5 Å². The number of hydrogen-bond donors (Lipinski definition) is 2. The molecule has 1 aromatic heterocycles. The Labute approximate surface area is 163 Å². The number of benzene rings is 1. The molecule has 1 saturated heterocycles. The zero-order valence-corrected chi connectivity index (χ0v) is 17.1. The number of carbonyl (C=O) groups excluding carboxylic acids is 1. The average molecular weight is 419 g/mol.